The molecule has 4 nitrogen and oxygen atoms in total. The molecule has 4 bridgehead atoms. The Bertz CT molecular complexity index is 813. The minimum atomic E-state index is -0.000132. The van der Waals surface area contributed by atoms with Crippen molar-refractivity contribution in [1.29, 1.82) is 0 Å². The lowest BCUT2D eigenvalue weighted by atomic mass is 9.53. The van der Waals surface area contributed by atoms with Crippen molar-refractivity contribution in [2.75, 3.05) is 11.9 Å². The van der Waals surface area contributed by atoms with Gasteiger partial charge in [-0.3, -0.25) is 4.79 Å². The van der Waals surface area contributed by atoms with E-state index < -0.39 is 0 Å². The summed E-state index contributed by atoms with van der Waals surface area (Å²) in [6, 6.07) is 17.3. The third-order valence-electron chi connectivity index (χ3n) is 6.79. The van der Waals surface area contributed by atoms with E-state index >= 15 is 0 Å². The molecule has 4 heteroatoms. The number of carbonyl (C=O) groups is 1. The van der Waals surface area contributed by atoms with Crippen LogP contribution in [0.5, 0.6) is 11.5 Å². The Balaban J connectivity index is 1.22. The summed E-state index contributed by atoms with van der Waals surface area (Å²) in [6.07, 6.45) is 7.99. The molecule has 6 rings (SSSR count). The molecule has 2 aromatic rings. The van der Waals surface area contributed by atoms with Gasteiger partial charge in [0.05, 0.1) is 12.2 Å². The van der Waals surface area contributed by atoms with Crippen LogP contribution in [0.1, 0.15) is 38.5 Å². The Morgan fingerprint density at radius 2 is 1.50 bits per heavy atom. The van der Waals surface area contributed by atoms with Crippen LogP contribution in [0, 0.1) is 17.8 Å². The van der Waals surface area contributed by atoms with Gasteiger partial charge in [0.2, 0.25) is 5.91 Å². The summed E-state index contributed by atoms with van der Waals surface area (Å²) in [5.74, 6) is 4.05. The van der Waals surface area contributed by atoms with Gasteiger partial charge in [-0.15, -0.1) is 0 Å². The number of nitrogens with one attached hydrogen (secondary N) is 2. The Morgan fingerprint density at radius 1 is 0.893 bits per heavy atom. The van der Waals surface area contributed by atoms with E-state index in [1.165, 1.54) is 38.5 Å². The molecule has 4 fully saturated rings. The molecule has 0 unspecified atom stereocenters. The first-order valence-electron chi connectivity index (χ1n) is 10.5. The lowest BCUT2D eigenvalue weighted by Crippen LogP contribution is -2.59. The number of carbonyl (C=O) groups excluding carboxylic acids is 1. The molecule has 0 saturated heterocycles. The largest absolute Gasteiger partial charge is 0.455 e. The summed E-state index contributed by atoms with van der Waals surface area (Å²) in [4.78, 5) is 12.7. The zero-order valence-electron chi connectivity index (χ0n) is 16.2. The van der Waals surface area contributed by atoms with Gasteiger partial charge in [-0.1, -0.05) is 30.3 Å². The smallest absolute Gasteiger partial charge is 0.238 e. The first kappa shape index (κ1) is 17.7. The quantitative estimate of drug-likeness (QED) is 0.748. The molecule has 2 N–H and O–H groups in total. The zero-order chi connectivity index (χ0) is 19.0. The van der Waals surface area contributed by atoms with Gasteiger partial charge in [-0.2, -0.15) is 0 Å². The van der Waals surface area contributed by atoms with Crippen molar-refractivity contribution in [3.05, 3.63) is 54.6 Å². The van der Waals surface area contributed by atoms with E-state index in [0.717, 1.165) is 23.5 Å². The highest BCUT2D eigenvalue weighted by Crippen LogP contribution is 2.55. The van der Waals surface area contributed by atoms with Gasteiger partial charge in [-0.05, 0) is 80.5 Å². The summed E-state index contributed by atoms with van der Waals surface area (Å²) in [7, 11) is 0. The van der Waals surface area contributed by atoms with Crippen LogP contribution in [0.15, 0.2) is 54.6 Å². The Morgan fingerprint density at radius 3 is 2.18 bits per heavy atom. The zero-order valence-corrected chi connectivity index (χ0v) is 16.2. The van der Waals surface area contributed by atoms with Crippen molar-refractivity contribution in [3.63, 3.8) is 0 Å². The van der Waals surface area contributed by atoms with Crippen LogP contribution in [0.4, 0.5) is 5.69 Å². The summed E-state index contributed by atoms with van der Waals surface area (Å²) in [6.45, 7) is 0.367. The third-order valence-corrected chi connectivity index (χ3v) is 6.79. The number of anilines is 1. The van der Waals surface area contributed by atoms with E-state index in [9.17, 15) is 4.79 Å². The fraction of sp³-hybridized carbons (Fsp3) is 0.458. The van der Waals surface area contributed by atoms with Crippen molar-refractivity contribution >= 4 is 11.6 Å². The number of para-hydroxylation sites is 3. The molecule has 0 aromatic heterocycles. The van der Waals surface area contributed by atoms with Crippen LogP contribution in [0.25, 0.3) is 0 Å². The first-order chi connectivity index (χ1) is 13.7. The van der Waals surface area contributed by atoms with Gasteiger partial charge < -0.3 is 15.4 Å². The van der Waals surface area contributed by atoms with Gasteiger partial charge >= 0.3 is 0 Å². The van der Waals surface area contributed by atoms with Gasteiger partial charge in [0.25, 0.3) is 0 Å². The van der Waals surface area contributed by atoms with Crippen LogP contribution in [-0.4, -0.2) is 18.0 Å². The highest BCUT2D eigenvalue weighted by Gasteiger charge is 2.50. The van der Waals surface area contributed by atoms with E-state index in [2.05, 4.69) is 10.6 Å². The number of rotatable bonds is 6. The highest BCUT2D eigenvalue weighted by molar-refractivity contribution is 5.93. The summed E-state index contributed by atoms with van der Waals surface area (Å²) < 4.78 is 5.95. The Hall–Kier alpha value is -2.33. The van der Waals surface area contributed by atoms with Gasteiger partial charge in [-0.25, -0.2) is 0 Å². The number of amides is 1. The second kappa shape index (κ2) is 7.25. The molecule has 28 heavy (non-hydrogen) atoms. The lowest BCUT2D eigenvalue weighted by molar-refractivity contribution is -0.116. The maximum Gasteiger partial charge on any atom is 0.238 e. The minimum Gasteiger partial charge on any atom is -0.455 e. The topological polar surface area (TPSA) is 50.4 Å². The maximum atomic E-state index is 12.7. The predicted molar refractivity (Wildman–Crippen MR) is 110 cm³/mol. The second-order valence-electron chi connectivity index (χ2n) is 9.01. The molecule has 4 aliphatic carbocycles. The molecule has 0 spiro atoms. The van der Waals surface area contributed by atoms with Crippen molar-refractivity contribution in [2.45, 2.75) is 44.1 Å². The van der Waals surface area contributed by atoms with Crippen LogP contribution in [-0.2, 0) is 4.79 Å². The van der Waals surface area contributed by atoms with Crippen LogP contribution < -0.4 is 15.4 Å². The normalized spacial score (nSPS) is 30.2. The van der Waals surface area contributed by atoms with E-state index in [1.807, 2.05) is 54.6 Å². The Labute approximate surface area is 166 Å². The minimum absolute atomic E-state index is 0.000132. The predicted octanol–water partition coefficient (Wildman–Crippen LogP) is 4.98. The van der Waals surface area contributed by atoms with Crippen LogP contribution in [0.3, 0.4) is 0 Å². The maximum absolute atomic E-state index is 12.7. The van der Waals surface area contributed by atoms with Crippen molar-refractivity contribution in [2.24, 2.45) is 17.8 Å². The molecule has 0 aliphatic heterocycles. The van der Waals surface area contributed by atoms with Crippen molar-refractivity contribution in [1.82, 2.24) is 5.32 Å². The van der Waals surface area contributed by atoms with E-state index in [4.69, 9.17) is 4.74 Å². The lowest BCUT2D eigenvalue weighted by Gasteiger charge is -2.57. The van der Waals surface area contributed by atoms with E-state index in [-0.39, 0.29) is 11.4 Å². The molecule has 0 radical (unpaired) electrons. The Kier molecular flexibility index (Phi) is 4.59. The number of ether oxygens (including phenoxy) is 1. The van der Waals surface area contributed by atoms with Gasteiger partial charge in [0, 0.05) is 5.54 Å². The molecule has 4 aliphatic rings. The average Bonchev–Trinajstić information content (AvgIpc) is 2.68. The first-order valence-corrected chi connectivity index (χ1v) is 10.5. The summed E-state index contributed by atoms with van der Waals surface area (Å²) in [5.41, 5.74) is 0.912. The second-order valence-corrected chi connectivity index (χ2v) is 9.01. The molecule has 4 saturated carbocycles. The molecule has 146 valence electrons. The van der Waals surface area contributed by atoms with Crippen molar-refractivity contribution in [3.8, 4) is 11.5 Å². The fourth-order valence-electron chi connectivity index (χ4n) is 6.06. The average molecular weight is 377 g/mol. The summed E-state index contributed by atoms with van der Waals surface area (Å²) in [5, 5.41) is 6.70. The van der Waals surface area contributed by atoms with Crippen LogP contribution in [0.2, 0.25) is 0 Å². The fourth-order valence-corrected chi connectivity index (χ4v) is 6.06. The molecule has 0 atom stereocenters. The standard InChI is InChI=1S/C24H28N2O2/c27-23(16-25-24-13-17-10-18(14-24)12-19(11-17)15-24)26-21-8-4-5-9-22(21)28-20-6-2-1-3-7-20/h1-9,17-19,25H,10-16H2,(H,26,27). The third kappa shape index (κ3) is 3.66. The van der Waals surface area contributed by atoms with E-state index in [1.54, 1.807) is 0 Å². The van der Waals surface area contributed by atoms with Crippen LogP contribution >= 0.6 is 0 Å². The number of hydrogen-bond donors (Lipinski definition) is 2. The summed E-state index contributed by atoms with van der Waals surface area (Å²) >= 11 is 0. The SMILES string of the molecule is O=C(CNC12CC3CC(CC(C3)C1)C2)Nc1ccccc1Oc1ccccc1. The van der Waals surface area contributed by atoms with Crippen molar-refractivity contribution < 1.29 is 9.53 Å². The molecule has 2 aromatic carbocycles. The molecular formula is C24H28N2O2. The van der Waals surface area contributed by atoms with E-state index in [0.29, 0.717) is 18.0 Å². The highest BCUT2D eigenvalue weighted by atomic mass is 16.5. The van der Waals surface area contributed by atoms with Gasteiger partial charge in [0.1, 0.15) is 5.75 Å². The molecular weight excluding hydrogens is 348 g/mol. The number of hydrogen-bond acceptors (Lipinski definition) is 3. The number of benzene rings is 2. The molecule has 1 amide bonds. The molecule has 0 heterocycles. The van der Waals surface area contributed by atoms with Gasteiger partial charge in [0.15, 0.2) is 5.75 Å². The monoisotopic (exact) mass is 376 g/mol.